The molecule has 0 atom stereocenters. The van der Waals surface area contributed by atoms with Crippen molar-refractivity contribution in [2.75, 3.05) is 12.4 Å². The summed E-state index contributed by atoms with van der Waals surface area (Å²) in [5.74, 6) is 0.235. The van der Waals surface area contributed by atoms with Crippen LogP contribution in [0.4, 0.5) is 5.69 Å². The van der Waals surface area contributed by atoms with E-state index in [1.165, 1.54) is 12.8 Å². The minimum atomic E-state index is -0.295. The molecule has 1 aromatic carbocycles. The van der Waals surface area contributed by atoms with Crippen LogP contribution in [-0.4, -0.2) is 25.0 Å². The predicted molar refractivity (Wildman–Crippen MR) is 85.9 cm³/mol. The summed E-state index contributed by atoms with van der Waals surface area (Å²) in [6, 6.07) is 7.26. The van der Waals surface area contributed by atoms with E-state index < -0.39 is 0 Å². The summed E-state index contributed by atoms with van der Waals surface area (Å²) < 4.78 is 5.06. The Morgan fingerprint density at radius 3 is 2.27 bits per heavy atom. The summed E-state index contributed by atoms with van der Waals surface area (Å²) in [6.07, 6.45) is 6.70. The number of hydrogen-bond donors (Lipinski definition) is 2. The smallest absolute Gasteiger partial charge is 0.233 e. The van der Waals surface area contributed by atoms with Crippen molar-refractivity contribution in [1.29, 1.82) is 0 Å². The van der Waals surface area contributed by atoms with Crippen LogP contribution in [-0.2, 0) is 9.59 Å². The largest absolute Gasteiger partial charge is 0.497 e. The van der Waals surface area contributed by atoms with Crippen LogP contribution in [0.1, 0.15) is 44.9 Å². The van der Waals surface area contributed by atoms with Crippen LogP contribution in [0.25, 0.3) is 0 Å². The molecule has 0 aromatic heterocycles. The molecule has 5 nitrogen and oxygen atoms in total. The topological polar surface area (TPSA) is 67.4 Å². The van der Waals surface area contributed by atoms with Crippen LogP contribution in [0.2, 0.25) is 0 Å². The van der Waals surface area contributed by atoms with E-state index in [1.807, 2.05) is 0 Å². The molecule has 22 heavy (non-hydrogen) atoms. The van der Waals surface area contributed by atoms with Crippen LogP contribution >= 0.6 is 0 Å². The van der Waals surface area contributed by atoms with E-state index in [2.05, 4.69) is 10.6 Å². The van der Waals surface area contributed by atoms with Gasteiger partial charge in [-0.25, -0.2) is 0 Å². The van der Waals surface area contributed by atoms with Gasteiger partial charge in [0.2, 0.25) is 11.8 Å². The SMILES string of the molecule is COc1ccc(NC(=O)CC(=O)NC2CCCCCC2)cc1. The Labute approximate surface area is 131 Å². The minimum Gasteiger partial charge on any atom is -0.497 e. The third-order valence-electron chi connectivity index (χ3n) is 3.92. The van der Waals surface area contributed by atoms with Crippen molar-refractivity contribution >= 4 is 17.5 Å². The molecule has 0 saturated heterocycles. The van der Waals surface area contributed by atoms with E-state index in [9.17, 15) is 9.59 Å². The van der Waals surface area contributed by atoms with Gasteiger partial charge in [-0.15, -0.1) is 0 Å². The van der Waals surface area contributed by atoms with Crippen molar-refractivity contribution in [2.24, 2.45) is 0 Å². The molecule has 1 saturated carbocycles. The normalized spacial score (nSPS) is 15.7. The van der Waals surface area contributed by atoms with Gasteiger partial charge in [0.25, 0.3) is 0 Å². The zero-order valence-electron chi connectivity index (χ0n) is 13.1. The van der Waals surface area contributed by atoms with E-state index in [0.717, 1.165) is 31.4 Å². The maximum atomic E-state index is 11.9. The molecule has 2 rings (SSSR count). The highest BCUT2D eigenvalue weighted by Crippen LogP contribution is 2.17. The third kappa shape index (κ3) is 5.39. The Bertz CT molecular complexity index is 491. The van der Waals surface area contributed by atoms with Crippen molar-refractivity contribution in [3.63, 3.8) is 0 Å². The third-order valence-corrected chi connectivity index (χ3v) is 3.92. The summed E-state index contributed by atoms with van der Waals surface area (Å²) in [5.41, 5.74) is 0.660. The molecule has 1 fully saturated rings. The fraction of sp³-hybridized carbons (Fsp3) is 0.529. The first-order chi connectivity index (χ1) is 10.7. The second kappa shape index (κ2) is 8.41. The maximum absolute atomic E-state index is 11.9. The van der Waals surface area contributed by atoms with Gasteiger partial charge in [0.1, 0.15) is 12.2 Å². The highest BCUT2D eigenvalue weighted by molar-refractivity contribution is 6.03. The summed E-state index contributed by atoms with van der Waals surface area (Å²) in [4.78, 5) is 23.8. The summed E-state index contributed by atoms with van der Waals surface area (Å²) in [5, 5.41) is 5.69. The Kier molecular flexibility index (Phi) is 6.25. The average Bonchev–Trinajstić information content (AvgIpc) is 2.76. The fourth-order valence-corrected chi connectivity index (χ4v) is 2.73. The van der Waals surface area contributed by atoms with Gasteiger partial charge in [-0.05, 0) is 37.1 Å². The van der Waals surface area contributed by atoms with Crippen LogP contribution in [0.15, 0.2) is 24.3 Å². The number of carbonyl (C=O) groups excluding carboxylic acids is 2. The van der Waals surface area contributed by atoms with Gasteiger partial charge in [0, 0.05) is 11.7 Å². The molecular formula is C17H24N2O3. The van der Waals surface area contributed by atoms with E-state index >= 15 is 0 Å². The number of ether oxygens (including phenoxy) is 1. The number of anilines is 1. The van der Waals surface area contributed by atoms with Crippen molar-refractivity contribution in [3.05, 3.63) is 24.3 Å². The van der Waals surface area contributed by atoms with Crippen molar-refractivity contribution in [3.8, 4) is 5.75 Å². The first kappa shape index (κ1) is 16.3. The lowest BCUT2D eigenvalue weighted by Gasteiger charge is -2.16. The molecule has 0 heterocycles. The average molecular weight is 304 g/mol. The van der Waals surface area contributed by atoms with Gasteiger partial charge in [-0.3, -0.25) is 9.59 Å². The van der Waals surface area contributed by atoms with E-state index in [1.54, 1.807) is 31.4 Å². The molecule has 2 N–H and O–H groups in total. The molecule has 2 amide bonds. The summed E-state index contributed by atoms with van der Waals surface area (Å²) in [7, 11) is 1.59. The zero-order valence-corrected chi connectivity index (χ0v) is 13.1. The van der Waals surface area contributed by atoms with Crippen LogP contribution in [0, 0.1) is 0 Å². The number of carbonyl (C=O) groups is 2. The first-order valence-corrected chi connectivity index (χ1v) is 7.90. The van der Waals surface area contributed by atoms with Crippen molar-refractivity contribution in [2.45, 2.75) is 51.0 Å². The molecule has 0 radical (unpaired) electrons. The number of methoxy groups -OCH3 is 1. The second-order valence-corrected chi connectivity index (χ2v) is 5.71. The van der Waals surface area contributed by atoms with Gasteiger partial charge in [-0.2, -0.15) is 0 Å². The minimum absolute atomic E-state index is 0.136. The molecule has 1 aromatic rings. The Morgan fingerprint density at radius 1 is 1.05 bits per heavy atom. The molecule has 0 bridgehead atoms. The van der Waals surface area contributed by atoms with Crippen LogP contribution < -0.4 is 15.4 Å². The Hall–Kier alpha value is -2.04. The summed E-state index contributed by atoms with van der Waals surface area (Å²) in [6.45, 7) is 0. The highest BCUT2D eigenvalue weighted by Gasteiger charge is 2.16. The van der Waals surface area contributed by atoms with Gasteiger partial charge in [0.05, 0.1) is 7.11 Å². The highest BCUT2D eigenvalue weighted by atomic mass is 16.5. The fourth-order valence-electron chi connectivity index (χ4n) is 2.73. The lowest BCUT2D eigenvalue weighted by Crippen LogP contribution is -2.36. The molecule has 1 aliphatic carbocycles. The quantitative estimate of drug-likeness (QED) is 0.649. The predicted octanol–water partition coefficient (Wildman–Crippen LogP) is 2.86. The maximum Gasteiger partial charge on any atom is 0.233 e. The van der Waals surface area contributed by atoms with E-state index in [4.69, 9.17) is 4.74 Å². The standard InChI is InChI=1S/C17H24N2O3/c1-22-15-10-8-14(9-11-15)19-17(21)12-16(20)18-13-6-4-2-3-5-7-13/h8-11,13H,2-7,12H2,1H3,(H,18,20)(H,19,21). The molecule has 1 aliphatic rings. The van der Waals surface area contributed by atoms with Crippen molar-refractivity contribution in [1.82, 2.24) is 5.32 Å². The number of hydrogen-bond acceptors (Lipinski definition) is 3. The second-order valence-electron chi connectivity index (χ2n) is 5.71. The molecule has 0 aliphatic heterocycles. The Balaban J connectivity index is 1.76. The van der Waals surface area contributed by atoms with Crippen LogP contribution in [0.3, 0.4) is 0 Å². The van der Waals surface area contributed by atoms with E-state index in [0.29, 0.717) is 5.69 Å². The Morgan fingerprint density at radius 2 is 1.68 bits per heavy atom. The first-order valence-electron chi connectivity index (χ1n) is 7.90. The van der Waals surface area contributed by atoms with Crippen LogP contribution in [0.5, 0.6) is 5.75 Å². The van der Waals surface area contributed by atoms with E-state index in [-0.39, 0.29) is 24.3 Å². The van der Waals surface area contributed by atoms with Crippen molar-refractivity contribution < 1.29 is 14.3 Å². The zero-order chi connectivity index (χ0) is 15.8. The van der Waals surface area contributed by atoms with Gasteiger partial charge < -0.3 is 15.4 Å². The van der Waals surface area contributed by atoms with Gasteiger partial charge in [-0.1, -0.05) is 25.7 Å². The molecular weight excluding hydrogens is 280 g/mol. The number of nitrogens with one attached hydrogen (secondary N) is 2. The number of rotatable bonds is 5. The molecule has 0 spiro atoms. The lowest BCUT2D eigenvalue weighted by molar-refractivity contribution is -0.127. The van der Waals surface area contributed by atoms with Gasteiger partial charge >= 0.3 is 0 Å². The lowest BCUT2D eigenvalue weighted by atomic mass is 10.1. The molecule has 120 valence electrons. The molecule has 5 heteroatoms. The number of benzene rings is 1. The monoisotopic (exact) mass is 304 g/mol. The summed E-state index contributed by atoms with van der Waals surface area (Å²) >= 11 is 0. The number of amides is 2. The molecule has 0 unspecified atom stereocenters. The van der Waals surface area contributed by atoms with Gasteiger partial charge in [0.15, 0.2) is 0 Å².